The molecule has 0 amide bonds. The van der Waals surface area contributed by atoms with E-state index < -0.39 is 17.9 Å². The van der Waals surface area contributed by atoms with E-state index in [0.717, 1.165) is 31.6 Å². The zero-order valence-electron chi connectivity index (χ0n) is 18.3. The molecule has 2 N–H and O–H groups in total. The molecule has 0 aromatic carbocycles. The third-order valence-electron chi connectivity index (χ3n) is 3.68. The highest BCUT2D eigenvalue weighted by molar-refractivity contribution is 5.94. The van der Waals surface area contributed by atoms with Crippen LogP contribution in [0.2, 0.25) is 0 Å². The lowest BCUT2D eigenvalue weighted by Crippen LogP contribution is -2.20. The molecule has 0 fully saturated rings. The van der Waals surface area contributed by atoms with Gasteiger partial charge in [0, 0.05) is 0 Å². The van der Waals surface area contributed by atoms with Gasteiger partial charge in [0.25, 0.3) is 0 Å². The van der Waals surface area contributed by atoms with Gasteiger partial charge < -0.3 is 14.9 Å². The molecule has 0 aliphatic carbocycles. The first-order chi connectivity index (χ1) is 12.9. The minimum Gasteiger partial charge on any atom is -0.501 e. The van der Waals surface area contributed by atoms with Gasteiger partial charge >= 0.3 is 11.9 Å². The van der Waals surface area contributed by atoms with Crippen LogP contribution < -0.4 is 0 Å². The maximum atomic E-state index is 10.4. The van der Waals surface area contributed by atoms with Crippen LogP contribution in [0.15, 0.2) is 12.3 Å². The number of aliphatic carboxylic acids is 2. The van der Waals surface area contributed by atoms with Gasteiger partial charge in [-0.1, -0.05) is 98.8 Å². The van der Waals surface area contributed by atoms with Crippen molar-refractivity contribution in [1.29, 1.82) is 0 Å². The van der Waals surface area contributed by atoms with Crippen LogP contribution in [0.25, 0.3) is 0 Å². The predicted molar refractivity (Wildman–Crippen MR) is 113 cm³/mol. The molecule has 0 atom stereocenters. The summed E-state index contributed by atoms with van der Waals surface area (Å²) in [6.45, 7) is 11.5. The second-order valence-electron chi connectivity index (χ2n) is 6.47. The molecule has 5 nitrogen and oxygen atoms in total. The molecule has 0 spiro atoms. The molecule has 162 valence electrons. The predicted octanol–water partition coefficient (Wildman–Crippen LogP) is 6.67. The lowest BCUT2D eigenvalue weighted by Gasteiger charge is -2.01. The lowest BCUT2D eigenvalue weighted by atomic mass is 10.1. The summed E-state index contributed by atoms with van der Waals surface area (Å²) in [5.74, 6) is -4.32. The summed E-state index contributed by atoms with van der Waals surface area (Å²) in [4.78, 5) is 20.8. The molecular formula is C22H44O5. The molecule has 0 unspecified atom stereocenters. The number of hydrogen-bond donors (Lipinski definition) is 2. The molecule has 27 heavy (non-hydrogen) atoms. The fraction of sp³-hybridized carbons (Fsp3) is 0.818. The van der Waals surface area contributed by atoms with Crippen LogP contribution in [-0.4, -0.2) is 28.8 Å². The normalized spacial score (nSPS) is 10.0. The van der Waals surface area contributed by atoms with Gasteiger partial charge in [0.2, 0.25) is 0 Å². The van der Waals surface area contributed by atoms with E-state index in [4.69, 9.17) is 14.9 Å². The van der Waals surface area contributed by atoms with Crippen molar-refractivity contribution in [2.75, 3.05) is 6.61 Å². The van der Waals surface area contributed by atoms with Gasteiger partial charge in [-0.15, -0.1) is 0 Å². The van der Waals surface area contributed by atoms with E-state index in [1.807, 2.05) is 0 Å². The van der Waals surface area contributed by atoms with Crippen LogP contribution in [0.4, 0.5) is 0 Å². The van der Waals surface area contributed by atoms with Crippen LogP contribution in [0.1, 0.15) is 105 Å². The largest absolute Gasteiger partial charge is 0.501 e. The zero-order chi connectivity index (χ0) is 21.3. The Balaban J connectivity index is -0.000000394. The van der Waals surface area contributed by atoms with Crippen molar-refractivity contribution < 1.29 is 24.5 Å². The molecule has 0 heterocycles. The molecule has 0 rings (SSSR count). The summed E-state index contributed by atoms with van der Waals surface area (Å²) in [6, 6.07) is 0. The van der Waals surface area contributed by atoms with Gasteiger partial charge in [0.1, 0.15) is 0 Å². The summed E-state index contributed by atoms with van der Waals surface area (Å²) in [5, 5.41) is 17.0. The molecule has 0 radical (unpaired) electrons. The number of carboxylic acid groups (broad SMARTS) is 2. The maximum Gasteiger partial charge on any atom is 0.321 e. The molecule has 0 aliphatic rings. The first-order valence-corrected chi connectivity index (χ1v) is 10.7. The van der Waals surface area contributed by atoms with Gasteiger partial charge in [-0.25, -0.2) is 0 Å². The molecule has 0 aliphatic heterocycles. The molecule has 0 saturated heterocycles. The third-order valence-corrected chi connectivity index (χ3v) is 3.68. The summed E-state index contributed by atoms with van der Waals surface area (Å²) >= 11 is 0. The fourth-order valence-corrected chi connectivity index (χ4v) is 1.91. The molecular weight excluding hydrogens is 344 g/mol. The molecule has 0 saturated carbocycles. The minimum absolute atomic E-state index is 0.482. The van der Waals surface area contributed by atoms with Crippen LogP contribution in [0, 0.1) is 5.92 Å². The lowest BCUT2D eigenvalue weighted by molar-refractivity contribution is -0.151. The number of unbranched alkanes of at least 4 members (excludes halogenated alkanes) is 8. The Morgan fingerprint density at radius 2 is 1.04 bits per heavy atom. The Kier molecular flexibility index (Phi) is 29.9. The van der Waals surface area contributed by atoms with E-state index >= 15 is 0 Å². The molecule has 5 heteroatoms. The Bertz CT molecular complexity index is 310. The van der Waals surface area contributed by atoms with Crippen molar-refractivity contribution in [2.45, 2.75) is 105 Å². The summed E-state index contributed by atoms with van der Waals surface area (Å²) in [6.07, 6.45) is 16.2. The quantitative estimate of drug-likeness (QED) is 0.197. The van der Waals surface area contributed by atoms with Crippen LogP contribution in [0.5, 0.6) is 0 Å². The number of rotatable bonds is 14. The average molecular weight is 389 g/mol. The van der Waals surface area contributed by atoms with E-state index in [1.54, 1.807) is 0 Å². The van der Waals surface area contributed by atoms with E-state index in [0.29, 0.717) is 6.61 Å². The molecule has 0 bridgehead atoms. The molecule has 0 aromatic rings. The monoisotopic (exact) mass is 388 g/mol. The second kappa shape index (κ2) is 26.7. The Hall–Kier alpha value is -1.52. The third kappa shape index (κ3) is 29.5. The van der Waals surface area contributed by atoms with Crippen molar-refractivity contribution in [3.8, 4) is 0 Å². The van der Waals surface area contributed by atoms with Gasteiger partial charge in [-0.2, -0.15) is 0 Å². The van der Waals surface area contributed by atoms with E-state index in [9.17, 15) is 9.59 Å². The van der Waals surface area contributed by atoms with Crippen molar-refractivity contribution in [1.82, 2.24) is 0 Å². The van der Waals surface area contributed by atoms with E-state index in [2.05, 4.69) is 34.6 Å². The Morgan fingerprint density at radius 1 is 0.704 bits per heavy atom. The highest BCUT2D eigenvalue weighted by atomic mass is 16.5. The topological polar surface area (TPSA) is 83.8 Å². The Morgan fingerprint density at radius 3 is 1.33 bits per heavy atom. The van der Waals surface area contributed by atoms with Gasteiger partial charge in [-0.3, -0.25) is 9.59 Å². The van der Waals surface area contributed by atoms with E-state index in [-0.39, 0.29) is 0 Å². The van der Waals surface area contributed by atoms with Crippen molar-refractivity contribution >= 4 is 11.9 Å². The van der Waals surface area contributed by atoms with Crippen molar-refractivity contribution in [2.24, 2.45) is 5.92 Å². The SMILES string of the molecule is CCCCCC.CCCCCC.CCCCCO/C=C/C(C(=O)O)C(=O)O. The van der Waals surface area contributed by atoms with Gasteiger partial charge in [-0.05, 0) is 12.5 Å². The summed E-state index contributed by atoms with van der Waals surface area (Å²) in [5.41, 5.74) is 0. The van der Waals surface area contributed by atoms with Gasteiger partial charge in [0.05, 0.1) is 12.9 Å². The smallest absolute Gasteiger partial charge is 0.321 e. The molecule has 0 aromatic heterocycles. The first-order valence-electron chi connectivity index (χ1n) is 10.7. The van der Waals surface area contributed by atoms with Crippen molar-refractivity contribution in [3.05, 3.63) is 12.3 Å². The average Bonchev–Trinajstić information content (AvgIpc) is 2.64. The van der Waals surface area contributed by atoms with Crippen LogP contribution in [0.3, 0.4) is 0 Å². The second-order valence-corrected chi connectivity index (χ2v) is 6.47. The van der Waals surface area contributed by atoms with Crippen molar-refractivity contribution in [3.63, 3.8) is 0 Å². The zero-order valence-corrected chi connectivity index (χ0v) is 18.3. The fourth-order valence-electron chi connectivity index (χ4n) is 1.91. The highest BCUT2D eigenvalue weighted by Crippen LogP contribution is 2.01. The number of carbonyl (C=O) groups is 2. The number of hydrogen-bond acceptors (Lipinski definition) is 3. The first kappa shape index (κ1) is 30.2. The summed E-state index contributed by atoms with van der Waals surface area (Å²) in [7, 11) is 0. The number of carboxylic acids is 2. The maximum absolute atomic E-state index is 10.4. The van der Waals surface area contributed by atoms with Gasteiger partial charge in [0.15, 0.2) is 5.92 Å². The number of ether oxygens (including phenoxy) is 1. The Labute approximate surface area is 167 Å². The van der Waals surface area contributed by atoms with E-state index in [1.165, 1.54) is 51.4 Å². The standard InChI is InChI=1S/C10H16O5.2C6H14/c1-2-3-4-6-15-7-5-8(9(11)12)10(13)14;2*1-3-5-6-4-2/h5,7-8H,2-4,6H2,1H3,(H,11,12)(H,13,14);2*3-6H2,1-2H3/b7-5+;;. The van der Waals surface area contributed by atoms with Crippen LogP contribution >= 0.6 is 0 Å². The summed E-state index contributed by atoms with van der Waals surface area (Å²) < 4.78 is 4.96. The van der Waals surface area contributed by atoms with Crippen LogP contribution in [-0.2, 0) is 14.3 Å². The highest BCUT2D eigenvalue weighted by Gasteiger charge is 2.22. The minimum atomic E-state index is -1.53.